The van der Waals surface area contributed by atoms with Crippen molar-refractivity contribution in [1.29, 1.82) is 0 Å². The Hall–Kier alpha value is -2.65. The third-order valence-electron chi connectivity index (χ3n) is 6.79. The van der Waals surface area contributed by atoms with Crippen LogP contribution in [0.25, 0.3) is 11.1 Å². The number of benzene rings is 1. The second-order valence-corrected chi connectivity index (χ2v) is 10.6. The van der Waals surface area contributed by atoms with E-state index in [0.717, 1.165) is 44.7 Å². The molecule has 1 aromatic heterocycles. The van der Waals surface area contributed by atoms with Gasteiger partial charge in [-0.05, 0) is 65.5 Å². The number of rotatable bonds is 7. The Labute approximate surface area is 200 Å². The number of carbonyl (C=O) groups is 1. The Morgan fingerprint density at radius 2 is 1.82 bits per heavy atom. The standard InChI is InChI=1S/C26H29FNO5P/c1-5-26(24(29)30,34(32)33)25(4,31)22-20(17-11-13-19(27)14-12-17)15-21(28-23(22)16(2)3)18-9-7-6-8-10-18/h1,11-16,18,31H,6-10H2,2-4H3,(H-,29,30,32,33)/p+1. The molecular formula is C26H30FNO5P+. The quantitative estimate of drug-likeness (QED) is 0.354. The Kier molecular flexibility index (Phi) is 7.57. The van der Waals surface area contributed by atoms with E-state index in [0.29, 0.717) is 16.8 Å². The molecular weight excluding hydrogens is 456 g/mol. The second kappa shape index (κ2) is 9.92. The first-order valence-corrected chi connectivity index (χ1v) is 12.6. The number of halogens is 1. The number of aromatic nitrogens is 1. The third-order valence-corrected chi connectivity index (χ3v) is 8.12. The summed E-state index contributed by atoms with van der Waals surface area (Å²) in [6, 6.07) is 7.36. The van der Waals surface area contributed by atoms with E-state index in [-0.39, 0.29) is 17.4 Å². The third kappa shape index (κ3) is 4.38. The highest BCUT2D eigenvalue weighted by Crippen LogP contribution is 2.52. The van der Waals surface area contributed by atoms with E-state index >= 15 is 0 Å². The molecule has 3 atom stereocenters. The number of carboxylic acids is 1. The van der Waals surface area contributed by atoms with E-state index in [9.17, 15) is 28.9 Å². The van der Waals surface area contributed by atoms with Crippen molar-refractivity contribution in [3.05, 3.63) is 53.1 Å². The first kappa shape index (κ1) is 26.0. The van der Waals surface area contributed by atoms with Gasteiger partial charge in [-0.1, -0.05) is 45.2 Å². The highest BCUT2D eigenvalue weighted by Gasteiger charge is 2.70. The van der Waals surface area contributed by atoms with Gasteiger partial charge in [-0.15, -0.1) is 6.42 Å². The number of hydrogen-bond acceptors (Lipinski definition) is 4. The smallest absolute Gasteiger partial charge is 0.477 e. The van der Waals surface area contributed by atoms with E-state index in [1.54, 1.807) is 6.07 Å². The van der Waals surface area contributed by atoms with Crippen molar-refractivity contribution in [1.82, 2.24) is 4.98 Å². The van der Waals surface area contributed by atoms with Gasteiger partial charge in [0.1, 0.15) is 5.82 Å². The lowest BCUT2D eigenvalue weighted by atomic mass is 9.75. The first-order chi connectivity index (χ1) is 16.0. The molecule has 0 saturated heterocycles. The van der Waals surface area contributed by atoms with E-state index < -0.39 is 30.6 Å². The zero-order valence-electron chi connectivity index (χ0n) is 19.6. The summed E-state index contributed by atoms with van der Waals surface area (Å²) < 4.78 is 26.1. The zero-order valence-corrected chi connectivity index (χ0v) is 20.5. The molecule has 0 aliphatic heterocycles. The van der Waals surface area contributed by atoms with Crippen molar-refractivity contribution in [3.63, 3.8) is 0 Å². The molecule has 1 fully saturated rings. The summed E-state index contributed by atoms with van der Waals surface area (Å²) in [7, 11) is -3.56. The Balaban J connectivity index is 2.43. The summed E-state index contributed by atoms with van der Waals surface area (Å²) in [4.78, 5) is 27.2. The summed E-state index contributed by atoms with van der Waals surface area (Å²) in [5.41, 5.74) is -0.282. The Morgan fingerprint density at radius 1 is 1.24 bits per heavy atom. The number of aliphatic carboxylic acids is 1. The number of pyridine rings is 1. The lowest BCUT2D eigenvalue weighted by molar-refractivity contribution is -0.145. The Morgan fingerprint density at radius 3 is 2.29 bits per heavy atom. The molecule has 1 heterocycles. The van der Waals surface area contributed by atoms with Gasteiger partial charge in [0.05, 0.1) is 5.69 Å². The predicted molar refractivity (Wildman–Crippen MR) is 128 cm³/mol. The molecule has 1 aromatic carbocycles. The zero-order chi connectivity index (χ0) is 25.3. The minimum Gasteiger partial charge on any atom is -0.477 e. The molecule has 0 amide bonds. The fourth-order valence-corrected chi connectivity index (χ4v) is 5.65. The van der Waals surface area contributed by atoms with Crippen molar-refractivity contribution < 1.29 is 28.9 Å². The molecule has 1 saturated carbocycles. The van der Waals surface area contributed by atoms with E-state index in [1.165, 1.54) is 24.3 Å². The summed E-state index contributed by atoms with van der Waals surface area (Å²) in [5, 5.41) is 18.9. The maximum atomic E-state index is 13.7. The van der Waals surface area contributed by atoms with Crippen LogP contribution in [0.4, 0.5) is 4.39 Å². The summed E-state index contributed by atoms with van der Waals surface area (Å²) in [6.45, 7) is 4.83. The average Bonchev–Trinajstić information content (AvgIpc) is 2.79. The topological polar surface area (TPSA) is 108 Å². The fourth-order valence-electron chi connectivity index (χ4n) is 4.89. The monoisotopic (exact) mass is 486 g/mol. The average molecular weight is 487 g/mol. The molecule has 3 N–H and O–H groups in total. The minimum absolute atomic E-state index is 0.0615. The van der Waals surface area contributed by atoms with Gasteiger partial charge in [0.25, 0.3) is 0 Å². The van der Waals surface area contributed by atoms with Crippen LogP contribution in [0.2, 0.25) is 0 Å². The lowest BCUT2D eigenvalue weighted by Crippen LogP contribution is -2.53. The normalized spacial score (nSPS) is 18.6. The number of carboxylic acid groups (broad SMARTS) is 1. The molecule has 1 aliphatic carbocycles. The SMILES string of the molecule is C#CC(C(=O)O)([P+](=O)O)C(C)(O)c1c(-c2ccc(F)cc2)cc(C2CCCCC2)nc1C(C)C. The van der Waals surface area contributed by atoms with Crippen LogP contribution < -0.4 is 0 Å². The largest absolute Gasteiger partial charge is 0.541 e. The molecule has 0 spiro atoms. The Bertz CT molecular complexity index is 1120. The molecule has 34 heavy (non-hydrogen) atoms. The predicted octanol–water partition coefficient (Wildman–Crippen LogP) is 5.46. The van der Waals surface area contributed by atoms with E-state index in [2.05, 4.69) is 0 Å². The molecule has 180 valence electrons. The van der Waals surface area contributed by atoms with Gasteiger partial charge in [-0.25, -0.2) is 9.18 Å². The molecule has 2 aromatic rings. The van der Waals surface area contributed by atoms with Crippen molar-refractivity contribution in [2.45, 2.75) is 75.5 Å². The minimum atomic E-state index is -3.56. The molecule has 3 unspecified atom stereocenters. The molecule has 6 nitrogen and oxygen atoms in total. The maximum absolute atomic E-state index is 13.7. The van der Waals surface area contributed by atoms with Gasteiger partial charge < -0.3 is 10.2 Å². The van der Waals surface area contributed by atoms with Gasteiger partial charge in [0, 0.05) is 17.2 Å². The van der Waals surface area contributed by atoms with Crippen molar-refractivity contribution in [2.75, 3.05) is 0 Å². The van der Waals surface area contributed by atoms with Crippen LogP contribution in [0, 0.1) is 18.2 Å². The van der Waals surface area contributed by atoms with Gasteiger partial charge in [0.2, 0.25) is 0 Å². The number of terminal acetylenes is 1. The van der Waals surface area contributed by atoms with Crippen LogP contribution in [0.3, 0.4) is 0 Å². The molecule has 0 bridgehead atoms. The van der Waals surface area contributed by atoms with E-state index in [4.69, 9.17) is 11.4 Å². The van der Waals surface area contributed by atoms with Crippen LogP contribution in [-0.4, -0.2) is 31.2 Å². The number of hydrogen-bond donors (Lipinski definition) is 3. The van der Waals surface area contributed by atoms with Crippen LogP contribution in [-0.2, 0) is 15.0 Å². The number of nitrogens with zero attached hydrogens (tertiary/aromatic N) is 1. The summed E-state index contributed by atoms with van der Waals surface area (Å²) in [5.74, 6) is -0.414. The van der Waals surface area contributed by atoms with Gasteiger partial charge in [0.15, 0.2) is 5.60 Å². The van der Waals surface area contributed by atoms with Crippen molar-refractivity contribution >= 4 is 14.0 Å². The number of aliphatic hydroxyl groups is 1. The van der Waals surface area contributed by atoms with Crippen LogP contribution in [0.1, 0.15) is 81.7 Å². The van der Waals surface area contributed by atoms with Crippen LogP contribution in [0.15, 0.2) is 30.3 Å². The highest BCUT2D eigenvalue weighted by atomic mass is 31.1. The van der Waals surface area contributed by atoms with Crippen LogP contribution >= 0.6 is 8.03 Å². The molecule has 8 heteroatoms. The highest BCUT2D eigenvalue weighted by molar-refractivity contribution is 7.42. The molecule has 0 radical (unpaired) electrons. The van der Waals surface area contributed by atoms with E-state index in [1.807, 2.05) is 19.8 Å². The summed E-state index contributed by atoms with van der Waals surface area (Å²) in [6.07, 6.45) is 10.7. The first-order valence-electron chi connectivity index (χ1n) is 11.4. The maximum Gasteiger partial charge on any atom is 0.541 e. The summed E-state index contributed by atoms with van der Waals surface area (Å²) >= 11 is 0. The van der Waals surface area contributed by atoms with Crippen molar-refractivity contribution in [2.24, 2.45) is 0 Å². The van der Waals surface area contributed by atoms with Crippen molar-refractivity contribution in [3.8, 4) is 23.5 Å². The molecule has 1 aliphatic rings. The lowest BCUT2D eigenvalue weighted by Gasteiger charge is -2.34. The second-order valence-electron chi connectivity index (χ2n) is 9.36. The van der Waals surface area contributed by atoms with Crippen LogP contribution in [0.5, 0.6) is 0 Å². The fraction of sp³-hybridized carbons (Fsp3) is 0.462. The molecule has 3 rings (SSSR count). The van der Waals surface area contributed by atoms with Gasteiger partial charge >= 0.3 is 19.2 Å². The van der Waals surface area contributed by atoms with Gasteiger partial charge in [-0.3, -0.25) is 4.98 Å². The van der Waals surface area contributed by atoms with Gasteiger partial charge in [-0.2, -0.15) is 4.89 Å².